The van der Waals surface area contributed by atoms with Crippen molar-refractivity contribution in [2.45, 2.75) is 25.9 Å². The zero-order valence-electron chi connectivity index (χ0n) is 15.5. The Labute approximate surface area is 164 Å². The van der Waals surface area contributed by atoms with Crippen molar-refractivity contribution in [3.8, 4) is 5.75 Å². The van der Waals surface area contributed by atoms with Crippen molar-refractivity contribution in [1.82, 2.24) is 19.6 Å². The summed E-state index contributed by atoms with van der Waals surface area (Å²) < 4.78 is 7.02. The summed E-state index contributed by atoms with van der Waals surface area (Å²) >= 11 is 1.17. The molecule has 1 N–H and O–H groups in total. The van der Waals surface area contributed by atoms with Crippen LogP contribution in [0.15, 0.2) is 29.4 Å². The van der Waals surface area contributed by atoms with Gasteiger partial charge >= 0.3 is 0 Å². The van der Waals surface area contributed by atoms with E-state index in [9.17, 15) is 14.9 Å². The third-order valence-electron chi connectivity index (χ3n) is 3.74. The number of carbonyl (C=O) groups excluding carboxylic acids is 1. The molecule has 0 saturated carbocycles. The number of nitro groups is 1. The minimum absolute atomic E-state index is 0.0124. The molecule has 28 heavy (non-hydrogen) atoms. The van der Waals surface area contributed by atoms with Crippen LogP contribution in [0.25, 0.3) is 5.65 Å². The number of nitrogens with zero attached hydrogens (tertiary/aromatic N) is 5. The maximum atomic E-state index is 12.3. The molecule has 2 heterocycles. The minimum atomic E-state index is -0.561. The molecule has 0 aliphatic rings. The number of nitro benzene ring substituents is 1. The standard InChI is InChI=1S/C17H18N6O4S/c1-4-27-12-5-6-13(14(8-12)23(25)26)19-16(24)9-28-17-21-20-15-7-10(2)18-11(3)22(15)17/h5-8H,4,9H2,1-3H3,(H,19,24). The first-order valence-electron chi connectivity index (χ1n) is 8.42. The van der Waals surface area contributed by atoms with Crippen molar-refractivity contribution in [3.05, 3.63) is 45.9 Å². The number of carbonyl (C=O) groups is 1. The highest BCUT2D eigenvalue weighted by Crippen LogP contribution is 2.29. The number of aromatic nitrogens is 4. The second-order valence-electron chi connectivity index (χ2n) is 5.83. The third kappa shape index (κ3) is 4.19. The molecule has 0 aliphatic heterocycles. The van der Waals surface area contributed by atoms with Crippen molar-refractivity contribution < 1.29 is 14.5 Å². The number of rotatable bonds is 7. The van der Waals surface area contributed by atoms with Gasteiger partial charge in [-0.25, -0.2) is 4.98 Å². The summed E-state index contributed by atoms with van der Waals surface area (Å²) in [7, 11) is 0. The number of nitrogens with one attached hydrogen (secondary N) is 1. The van der Waals surface area contributed by atoms with Gasteiger partial charge in [0.1, 0.15) is 17.3 Å². The Bertz CT molecular complexity index is 1050. The predicted octanol–water partition coefficient (Wildman–Crippen LogP) is 2.78. The Hall–Kier alpha value is -3.21. The number of hydrogen-bond donors (Lipinski definition) is 1. The number of anilines is 1. The van der Waals surface area contributed by atoms with Gasteiger partial charge in [0.2, 0.25) is 5.91 Å². The van der Waals surface area contributed by atoms with E-state index in [-0.39, 0.29) is 17.1 Å². The van der Waals surface area contributed by atoms with E-state index < -0.39 is 10.8 Å². The molecule has 0 aliphatic carbocycles. The van der Waals surface area contributed by atoms with Crippen molar-refractivity contribution in [1.29, 1.82) is 0 Å². The molecular formula is C17H18N6O4S. The van der Waals surface area contributed by atoms with Gasteiger partial charge in [-0.3, -0.25) is 19.3 Å². The van der Waals surface area contributed by atoms with Crippen LogP contribution in [0.1, 0.15) is 18.4 Å². The largest absolute Gasteiger partial charge is 0.494 e. The second-order valence-corrected chi connectivity index (χ2v) is 6.77. The van der Waals surface area contributed by atoms with Crippen LogP contribution in [0, 0.1) is 24.0 Å². The van der Waals surface area contributed by atoms with Gasteiger partial charge in [0.15, 0.2) is 10.8 Å². The van der Waals surface area contributed by atoms with E-state index in [4.69, 9.17) is 4.74 Å². The van der Waals surface area contributed by atoms with Gasteiger partial charge in [0.05, 0.1) is 23.3 Å². The van der Waals surface area contributed by atoms with Gasteiger partial charge in [-0.1, -0.05) is 11.8 Å². The maximum absolute atomic E-state index is 12.3. The van der Waals surface area contributed by atoms with E-state index in [1.807, 2.05) is 13.8 Å². The first-order valence-corrected chi connectivity index (χ1v) is 9.41. The summed E-state index contributed by atoms with van der Waals surface area (Å²) in [5.74, 6) is 0.699. The van der Waals surface area contributed by atoms with Crippen molar-refractivity contribution in [2.24, 2.45) is 0 Å². The quantitative estimate of drug-likeness (QED) is 0.363. The average molecular weight is 402 g/mol. The minimum Gasteiger partial charge on any atom is -0.494 e. The van der Waals surface area contributed by atoms with Crippen LogP contribution in [-0.4, -0.2) is 42.8 Å². The van der Waals surface area contributed by atoms with Crippen molar-refractivity contribution in [2.75, 3.05) is 17.7 Å². The van der Waals surface area contributed by atoms with Crippen molar-refractivity contribution in [3.63, 3.8) is 0 Å². The normalized spacial score (nSPS) is 10.8. The molecule has 0 unspecified atom stereocenters. The molecule has 146 valence electrons. The molecule has 0 fully saturated rings. The number of fused-ring (bicyclic) bond motifs is 1. The molecule has 0 saturated heterocycles. The summed E-state index contributed by atoms with van der Waals surface area (Å²) in [5, 5.41) is 22.5. The summed E-state index contributed by atoms with van der Waals surface area (Å²) in [6.45, 7) is 5.87. The molecule has 3 rings (SSSR count). The van der Waals surface area contributed by atoms with E-state index in [0.717, 1.165) is 5.69 Å². The lowest BCUT2D eigenvalue weighted by Crippen LogP contribution is -2.15. The van der Waals surface area contributed by atoms with Gasteiger partial charge in [0, 0.05) is 11.8 Å². The fourth-order valence-corrected chi connectivity index (χ4v) is 3.42. The van der Waals surface area contributed by atoms with E-state index in [2.05, 4.69) is 20.5 Å². The van der Waals surface area contributed by atoms with Crippen LogP contribution < -0.4 is 10.1 Å². The fraction of sp³-hybridized carbons (Fsp3) is 0.294. The Morgan fingerprint density at radius 3 is 2.82 bits per heavy atom. The number of amides is 1. The van der Waals surface area contributed by atoms with Crippen LogP contribution in [0.2, 0.25) is 0 Å². The second kappa shape index (κ2) is 8.21. The number of hydrogen-bond acceptors (Lipinski definition) is 8. The van der Waals surface area contributed by atoms with E-state index in [1.165, 1.54) is 23.9 Å². The smallest absolute Gasteiger partial charge is 0.296 e. The van der Waals surface area contributed by atoms with Gasteiger partial charge in [0.25, 0.3) is 5.69 Å². The Morgan fingerprint density at radius 1 is 1.32 bits per heavy atom. The summed E-state index contributed by atoms with van der Waals surface area (Å²) in [6.07, 6.45) is 0. The molecule has 0 bridgehead atoms. The fourth-order valence-electron chi connectivity index (χ4n) is 2.64. The average Bonchev–Trinajstić information content (AvgIpc) is 3.04. The highest BCUT2D eigenvalue weighted by atomic mass is 32.2. The zero-order valence-corrected chi connectivity index (χ0v) is 16.3. The van der Waals surface area contributed by atoms with E-state index in [0.29, 0.717) is 29.0 Å². The molecule has 10 nitrogen and oxygen atoms in total. The van der Waals surface area contributed by atoms with Crippen LogP contribution >= 0.6 is 11.8 Å². The van der Waals surface area contributed by atoms with Crippen LogP contribution in [-0.2, 0) is 4.79 Å². The van der Waals surface area contributed by atoms with E-state index in [1.54, 1.807) is 23.5 Å². The number of ether oxygens (including phenoxy) is 1. The van der Waals surface area contributed by atoms with E-state index >= 15 is 0 Å². The van der Waals surface area contributed by atoms with Gasteiger partial charge in [-0.05, 0) is 32.9 Å². The zero-order chi connectivity index (χ0) is 20.3. The number of aryl methyl sites for hydroxylation is 2. The van der Waals surface area contributed by atoms with Gasteiger partial charge < -0.3 is 10.1 Å². The molecule has 1 aromatic carbocycles. The molecule has 3 aromatic rings. The van der Waals surface area contributed by atoms with Crippen LogP contribution in [0.3, 0.4) is 0 Å². The highest BCUT2D eigenvalue weighted by molar-refractivity contribution is 7.99. The van der Waals surface area contributed by atoms with Crippen LogP contribution in [0.5, 0.6) is 5.75 Å². The van der Waals surface area contributed by atoms with Gasteiger partial charge in [-0.2, -0.15) is 0 Å². The topological polar surface area (TPSA) is 125 Å². The van der Waals surface area contributed by atoms with Crippen LogP contribution in [0.4, 0.5) is 11.4 Å². The molecule has 1 amide bonds. The summed E-state index contributed by atoms with van der Waals surface area (Å²) in [5.41, 5.74) is 1.36. The molecule has 11 heteroatoms. The number of thioether (sulfide) groups is 1. The monoisotopic (exact) mass is 402 g/mol. The SMILES string of the molecule is CCOc1ccc(NC(=O)CSc2nnc3cc(C)nc(C)n23)c([N+](=O)[O-])c1. The molecule has 2 aromatic heterocycles. The lowest BCUT2D eigenvalue weighted by atomic mass is 10.2. The highest BCUT2D eigenvalue weighted by Gasteiger charge is 2.18. The number of benzene rings is 1. The first-order chi connectivity index (χ1) is 13.4. The molecular weight excluding hydrogens is 384 g/mol. The summed E-state index contributed by atoms with van der Waals surface area (Å²) in [6, 6.07) is 6.11. The summed E-state index contributed by atoms with van der Waals surface area (Å²) in [4.78, 5) is 27.4. The maximum Gasteiger partial charge on any atom is 0.296 e. The molecule has 0 atom stereocenters. The van der Waals surface area contributed by atoms with Gasteiger partial charge in [-0.15, -0.1) is 10.2 Å². The Balaban J connectivity index is 1.72. The lowest BCUT2D eigenvalue weighted by molar-refractivity contribution is -0.384. The Morgan fingerprint density at radius 2 is 2.11 bits per heavy atom. The molecule has 0 spiro atoms. The predicted molar refractivity (Wildman–Crippen MR) is 104 cm³/mol. The first kappa shape index (κ1) is 19.5. The molecule has 0 radical (unpaired) electrons. The Kier molecular flexibility index (Phi) is 5.73. The van der Waals surface area contributed by atoms with Crippen molar-refractivity contribution >= 4 is 34.7 Å². The third-order valence-corrected chi connectivity index (χ3v) is 4.67. The lowest BCUT2D eigenvalue weighted by Gasteiger charge is -2.08.